The maximum Gasteiger partial charge on any atom is 0.314 e. The average Bonchev–Trinajstić information content (AvgIpc) is 3.89. The molecule has 1 saturated carbocycles. The van der Waals surface area contributed by atoms with Crippen LogP contribution < -0.4 is 20.7 Å². The number of hydrogen-bond acceptors (Lipinski definition) is 10. The van der Waals surface area contributed by atoms with Gasteiger partial charge in [0.1, 0.15) is 30.2 Å². The minimum absolute atomic E-state index is 0.0591. The van der Waals surface area contributed by atoms with E-state index in [1.54, 1.807) is 6.20 Å². The van der Waals surface area contributed by atoms with Gasteiger partial charge in [-0.3, -0.25) is 4.98 Å². The number of benzene rings is 2. The number of aliphatic hydroxyl groups excluding tert-OH is 5. The largest absolute Gasteiger partial charge is 0.485 e. The molecule has 2 heterocycles. The zero-order valence-electron chi connectivity index (χ0n) is 27.0. The second-order valence-corrected chi connectivity index (χ2v) is 13.4. The number of amides is 2. The van der Waals surface area contributed by atoms with E-state index in [9.17, 15) is 25.2 Å². The van der Waals surface area contributed by atoms with Crippen LogP contribution in [0.1, 0.15) is 42.4 Å². The average molecular weight is 720 g/mol. The Kier molecular flexibility index (Phi) is 13.1. The highest BCUT2D eigenvalue weighted by molar-refractivity contribution is 6.34. The Bertz CT molecular complexity index is 1560. The predicted molar refractivity (Wildman–Crippen MR) is 185 cm³/mol. The maximum absolute atomic E-state index is 12.1. The first-order valence-corrected chi connectivity index (χ1v) is 17.2. The number of urea groups is 1. The number of aryl methyl sites for hydroxylation is 1. The molecule has 2 fully saturated rings. The first-order chi connectivity index (χ1) is 23.6. The van der Waals surface area contributed by atoms with Gasteiger partial charge >= 0.3 is 6.03 Å². The number of carbonyl (C=O) groups excluding carboxylic acids is 1. The number of halogens is 2. The molecule has 8 N–H and O–H groups in total. The minimum atomic E-state index is -1.76. The van der Waals surface area contributed by atoms with Gasteiger partial charge in [0, 0.05) is 53.2 Å². The highest BCUT2D eigenvalue weighted by Gasteiger charge is 2.46. The van der Waals surface area contributed by atoms with Crippen LogP contribution in [-0.4, -0.2) is 100.0 Å². The number of ether oxygens (including phenoxy) is 2. The summed E-state index contributed by atoms with van der Waals surface area (Å²) in [6.45, 7) is 0.925. The summed E-state index contributed by atoms with van der Waals surface area (Å²) in [5.41, 5.74) is 4.77. The van der Waals surface area contributed by atoms with Crippen LogP contribution in [0.25, 0.3) is 11.1 Å². The van der Waals surface area contributed by atoms with Crippen LogP contribution in [0.3, 0.4) is 0 Å². The highest BCUT2D eigenvalue weighted by Crippen LogP contribution is 2.50. The third-order valence-corrected chi connectivity index (χ3v) is 9.66. The van der Waals surface area contributed by atoms with Crippen LogP contribution in [0.2, 0.25) is 10.0 Å². The van der Waals surface area contributed by atoms with E-state index in [1.165, 1.54) is 0 Å². The number of rotatable bonds is 18. The van der Waals surface area contributed by atoms with Crippen LogP contribution in [0, 0.1) is 0 Å². The van der Waals surface area contributed by atoms with Gasteiger partial charge in [0.15, 0.2) is 0 Å². The van der Waals surface area contributed by atoms with E-state index in [4.69, 9.17) is 37.8 Å². The molecule has 266 valence electrons. The van der Waals surface area contributed by atoms with Crippen molar-refractivity contribution in [1.29, 1.82) is 0 Å². The number of unbranched alkanes of at least 4 members (excludes halogenated alkanes) is 1. The number of aliphatic hydroxyl groups is 5. The lowest BCUT2D eigenvalue weighted by Gasteiger charge is -2.28. The Morgan fingerprint density at radius 3 is 2.39 bits per heavy atom. The Morgan fingerprint density at radius 1 is 0.959 bits per heavy atom. The topological polar surface area (TPSA) is 186 Å². The summed E-state index contributed by atoms with van der Waals surface area (Å²) in [6, 6.07) is 13.3. The van der Waals surface area contributed by atoms with Crippen LogP contribution in [0.4, 0.5) is 4.79 Å². The van der Waals surface area contributed by atoms with E-state index < -0.39 is 37.1 Å². The Hall–Kier alpha value is -3.04. The zero-order valence-corrected chi connectivity index (χ0v) is 28.5. The Labute approximate surface area is 295 Å². The number of nitrogens with zero attached hydrogens (tertiary/aromatic N) is 1. The maximum atomic E-state index is 12.1. The number of pyridine rings is 1. The van der Waals surface area contributed by atoms with Crippen molar-refractivity contribution >= 4 is 29.2 Å². The fourth-order valence-corrected chi connectivity index (χ4v) is 6.27. The van der Waals surface area contributed by atoms with Crippen molar-refractivity contribution in [3.05, 3.63) is 81.6 Å². The van der Waals surface area contributed by atoms with Crippen molar-refractivity contribution in [2.45, 2.75) is 74.7 Å². The molecular weight excluding hydrogens is 675 g/mol. The van der Waals surface area contributed by atoms with E-state index in [1.807, 2.05) is 42.6 Å². The molecule has 12 nitrogen and oxygen atoms in total. The molecule has 0 radical (unpaired) electrons. The lowest BCUT2D eigenvalue weighted by Crippen LogP contribution is -2.50. The summed E-state index contributed by atoms with van der Waals surface area (Å²) >= 11 is 13.4. The number of carbonyl (C=O) groups is 1. The molecule has 0 bridgehead atoms. The Balaban J connectivity index is 1.10. The molecule has 14 heteroatoms. The molecule has 1 aliphatic heterocycles. The van der Waals surface area contributed by atoms with Crippen molar-refractivity contribution < 1.29 is 39.8 Å². The van der Waals surface area contributed by atoms with Crippen molar-refractivity contribution in [1.82, 2.24) is 20.9 Å². The lowest BCUT2D eigenvalue weighted by atomic mass is 9.94. The molecule has 0 spiro atoms. The summed E-state index contributed by atoms with van der Waals surface area (Å²) in [5.74, 6) is 0.828. The summed E-state index contributed by atoms with van der Waals surface area (Å²) in [4.78, 5) is 16.5. The van der Waals surface area contributed by atoms with Crippen molar-refractivity contribution in [3.63, 3.8) is 0 Å². The second-order valence-electron chi connectivity index (χ2n) is 12.6. The standard InChI is InChI=1S/C35H44Cl2N4O8/c36-27-14-22(28(37)13-21(27)5-3-4-11-39-34(47)40-17-29(43)32(45)33(46)30(44)18-42)15-41-35(9-10-35)26-16-38-12-8-24(26)25-6-1-2-7-31(25)49-23-19-48-20-23/h1-2,6-8,12-14,16,23,29-30,32-33,41-46H,3-5,9-11,15,17-20H2,(H2,39,40,47). The smallest absolute Gasteiger partial charge is 0.314 e. The van der Waals surface area contributed by atoms with E-state index in [2.05, 4.69) is 27.0 Å². The molecule has 1 aromatic heterocycles. The van der Waals surface area contributed by atoms with Gasteiger partial charge in [-0.15, -0.1) is 0 Å². The van der Waals surface area contributed by atoms with Crippen molar-refractivity contribution in [3.8, 4) is 16.9 Å². The monoisotopic (exact) mass is 718 g/mol. The number of aromatic nitrogens is 1. The van der Waals surface area contributed by atoms with Crippen LogP contribution in [-0.2, 0) is 23.2 Å². The van der Waals surface area contributed by atoms with Gasteiger partial charge in [0.05, 0.1) is 25.9 Å². The van der Waals surface area contributed by atoms with E-state index in [0.717, 1.165) is 52.8 Å². The third-order valence-electron chi connectivity index (χ3n) is 8.95. The minimum Gasteiger partial charge on any atom is -0.485 e. The first kappa shape index (κ1) is 37.2. The molecule has 2 aromatic carbocycles. The molecule has 2 aliphatic rings. The summed E-state index contributed by atoms with van der Waals surface area (Å²) < 4.78 is 11.5. The first-order valence-electron chi connectivity index (χ1n) is 16.5. The lowest BCUT2D eigenvalue weighted by molar-refractivity contribution is -0.113. The van der Waals surface area contributed by atoms with E-state index in [0.29, 0.717) is 49.2 Å². The summed E-state index contributed by atoms with van der Waals surface area (Å²) in [6.07, 6.45) is 1.10. The SMILES string of the molecule is O=C(NCCCCc1cc(Cl)c(CNC2(c3cnccc3-c3ccccc3OC3COC3)CC2)cc1Cl)NCC(O)C(O)C(O)C(O)CO. The number of hydrogen-bond donors (Lipinski definition) is 8. The predicted octanol–water partition coefficient (Wildman–Crippen LogP) is 2.67. The van der Waals surface area contributed by atoms with Crippen LogP contribution >= 0.6 is 23.2 Å². The van der Waals surface area contributed by atoms with E-state index >= 15 is 0 Å². The van der Waals surface area contributed by atoms with Crippen LogP contribution in [0.15, 0.2) is 54.9 Å². The molecule has 1 aliphatic carbocycles. The second kappa shape index (κ2) is 17.3. The Morgan fingerprint density at radius 2 is 1.67 bits per heavy atom. The summed E-state index contributed by atoms with van der Waals surface area (Å²) in [5, 5.41) is 57.7. The molecule has 4 atom stereocenters. The zero-order chi connectivity index (χ0) is 35.0. The molecule has 49 heavy (non-hydrogen) atoms. The summed E-state index contributed by atoms with van der Waals surface area (Å²) in [7, 11) is 0. The fourth-order valence-electron chi connectivity index (χ4n) is 5.74. The fraction of sp³-hybridized carbons (Fsp3) is 0.486. The highest BCUT2D eigenvalue weighted by atomic mass is 35.5. The molecule has 2 amide bonds. The van der Waals surface area contributed by atoms with Crippen molar-refractivity contribution in [2.24, 2.45) is 0 Å². The van der Waals surface area contributed by atoms with Gasteiger partial charge in [-0.2, -0.15) is 0 Å². The third kappa shape index (κ3) is 9.60. The van der Waals surface area contributed by atoms with Gasteiger partial charge in [-0.1, -0.05) is 41.4 Å². The number of nitrogens with one attached hydrogen (secondary N) is 3. The van der Waals surface area contributed by atoms with Gasteiger partial charge in [0.2, 0.25) is 0 Å². The molecule has 1 saturated heterocycles. The molecule has 4 unspecified atom stereocenters. The van der Waals surface area contributed by atoms with Crippen molar-refractivity contribution in [2.75, 3.05) is 32.9 Å². The molecule has 5 rings (SSSR count). The molecular formula is C35H44Cl2N4O8. The van der Waals surface area contributed by atoms with E-state index in [-0.39, 0.29) is 18.2 Å². The van der Waals surface area contributed by atoms with Gasteiger partial charge in [-0.05, 0) is 78.6 Å². The van der Waals surface area contributed by atoms with Gasteiger partial charge in [-0.25, -0.2) is 4.79 Å². The van der Waals surface area contributed by atoms with Gasteiger partial charge in [0.25, 0.3) is 0 Å². The number of para-hydroxylation sites is 1. The van der Waals surface area contributed by atoms with Crippen LogP contribution in [0.5, 0.6) is 5.75 Å². The quantitative estimate of drug-likeness (QED) is 0.0910. The molecule has 3 aromatic rings. The normalized spacial score (nSPS) is 17.8. The van der Waals surface area contributed by atoms with Gasteiger partial charge < -0.3 is 51.0 Å².